The molecule has 0 aromatic rings. The first-order chi connectivity index (χ1) is 6.85. The highest BCUT2D eigenvalue weighted by Gasteiger charge is 2.62. The summed E-state index contributed by atoms with van der Waals surface area (Å²) in [6.07, 6.45) is 1.90. The number of ether oxygens (including phenoxy) is 1. The van der Waals surface area contributed by atoms with Gasteiger partial charge in [-0.15, -0.1) is 0 Å². The highest BCUT2D eigenvalue weighted by molar-refractivity contribution is 6.07. The van der Waals surface area contributed by atoms with E-state index >= 15 is 0 Å². The van der Waals surface area contributed by atoms with Crippen LogP contribution in [0.2, 0.25) is 0 Å². The third kappa shape index (κ3) is 1.73. The van der Waals surface area contributed by atoms with Crippen molar-refractivity contribution in [1.82, 2.24) is 4.90 Å². The predicted molar refractivity (Wildman–Crippen MR) is 54.5 cm³/mol. The van der Waals surface area contributed by atoms with Gasteiger partial charge in [-0.3, -0.25) is 9.69 Å². The lowest BCUT2D eigenvalue weighted by atomic mass is 10.2. The second-order valence-electron chi connectivity index (χ2n) is 5.37. The molecule has 1 aliphatic heterocycles. The van der Waals surface area contributed by atoms with Crippen molar-refractivity contribution in [3.63, 3.8) is 0 Å². The first kappa shape index (κ1) is 10.5. The van der Waals surface area contributed by atoms with Crippen molar-refractivity contribution in [2.75, 3.05) is 6.54 Å². The maximum absolute atomic E-state index is 11.8. The van der Waals surface area contributed by atoms with Gasteiger partial charge in [0.15, 0.2) is 5.78 Å². The lowest BCUT2D eigenvalue weighted by Gasteiger charge is -2.27. The number of Topliss-reactive ketones (excluding diaryl/α,β-unsaturated/α-hetero) is 1. The minimum Gasteiger partial charge on any atom is -0.444 e. The van der Waals surface area contributed by atoms with Gasteiger partial charge in [0.2, 0.25) is 0 Å². The van der Waals surface area contributed by atoms with E-state index in [4.69, 9.17) is 4.74 Å². The Hall–Kier alpha value is -1.06. The zero-order valence-electron chi connectivity index (χ0n) is 9.50. The molecule has 1 saturated carbocycles. The van der Waals surface area contributed by atoms with E-state index in [1.54, 1.807) is 4.90 Å². The first-order valence-electron chi connectivity index (χ1n) is 5.39. The fourth-order valence-electron chi connectivity index (χ4n) is 2.16. The van der Waals surface area contributed by atoms with Crippen LogP contribution in [-0.4, -0.2) is 34.5 Å². The van der Waals surface area contributed by atoms with E-state index in [-0.39, 0.29) is 11.9 Å². The molecule has 1 amide bonds. The fourth-order valence-corrected chi connectivity index (χ4v) is 2.16. The third-order valence-electron chi connectivity index (χ3n) is 2.95. The lowest BCUT2D eigenvalue weighted by Crippen LogP contribution is -2.42. The van der Waals surface area contributed by atoms with Gasteiger partial charge in [0.1, 0.15) is 11.1 Å². The van der Waals surface area contributed by atoms with Gasteiger partial charge in [-0.1, -0.05) is 0 Å². The number of ketones is 1. The number of likely N-dealkylation sites (tertiary alicyclic amines) is 1. The summed E-state index contributed by atoms with van der Waals surface area (Å²) in [4.78, 5) is 24.8. The number of hydrogen-bond acceptors (Lipinski definition) is 3. The Morgan fingerprint density at radius 3 is 2.53 bits per heavy atom. The summed E-state index contributed by atoms with van der Waals surface area (Å²) in [7, 11) is 0. The van der Waals surface area contributed by atoms with Crippen LogP contribution in [0.1, 0.15) is 40.0 Å². The van der Waals surface area contributed by atoms with Gasteiger partial charge >= 0.3 is 6.09 Å². The van der Waals surface area contributed by atoms with Crippen LogP contribution in [0.25, 0.3) is 0 Å². The van der Waals surface area contributed by atoms with Crippen molar-refractivity contribution in [3.05, 3.63) is 0 Å². The van der Waals surface area contributed by atoms with Crippen LogP contribution in [0.5, 0.6) is 0 Å². The first-order valence-corrected chi connectivity index (χ1v) is 5.39. The van der Waals surface area contributed by atoms with Gasteiger partial charge < -0.3 is 4.74 Å². The molecule has 4 nitrogen and oxygen atoms in total. The summed E-state index contributed by atoms with van der Waals surface area (Å²) in [6, 6.07) is 0. The van der Waals surface area contributed by atoms with Crippen molar-refractivity contribution in [2.45, 2.75) is 51.2 Å². The van der Waals surface area contributed by atoms with Crippen LogP contribution >= 0.6 is 0 Å². The second kappa shape index (κ2) is 2.97. The molecule has 1 unspecified atom stereocenters. The maximum atomic E-state index is 11.8. The van der Waals surface area contributed by atoms with Gasteiger partial charge in [-0.05, 0) is 33.6 Å². The molecule has 84 valence electrons. The minimum absolute atomic E-state index is 0.186. The number of amides is 1. The molecule has 1 spiro atoms. The second-order valence-corrected chi connectivity index (χ2v) is 5.37. The van der Waals surface area contributed by atoms with Crippen LogP contribution < -0.4 is 0 Å². The largest absolute Gasteiger partial charge is 0.444 e. The van der Waals surface area contributed by atoms with E-state index < -0.39 is 11.1 Å². The molecule has 0 radical (unpaired) electrons. The summed E-state index contributed by atoms with van der Waals surface area (Å²) in [5, 5.41) is 0. The summed E-state index contributed by atoms with van der Waals surface area (Å²) in [5.41, 5.74) is -0.957. The van der Waals surface area contributed by atoms with Gasteiger partial charge in [0.05, 0.1) is 0 Å². The SMILES string of the molecule is CC(C)(C)OC(=O)N1CCCC12CC2=O. The number of carbonyl (C=O) groups excluding carboxylic acids is 2. The Labute approximate surface area is 89.6 Å². The maximum Gasteiger partial charge on any atom is 0.411 e. The third-order valence-corrected chi connectivity index (χ3v) is 2.95. The Balaban J connectivity index is 2.05. The zero-order chi connectivity index (χ0) is 11.3. The lowest BCUT2D eigenvalue weighted by molar-refractivity contribution is -0.113. The Morgan fingerprint density at radius 2 is 2.07 bits per heavy atom. The van der Waals surface area contributed by atoms with Crippen LogP contribution in [0.4, 0.5) is 4.79 Å². The molecule has 1 aliphatic carbocycles. The monoisotopic (exact) mass is 211 g/mol. The molecule has 4 heteroatoms. The predicted octanol–water partition coefficient (Wildman–Crippen LogP) is 1.73. The van der Waals surface area contributed by atoms with Crippen LogP contribution in [-0.2, 0) is 9.53 Å². The smallest absolute Gasteiger partial charge is 0.411 e. The summed E-state index contributed by atoms with van der Waals surface area (Å²) >= 11 is 0. The molecular weight excluding hydrogens is 194 g/mol. The highest BCUT2D eigenvalue weighted by atomic mass is 16.6. The average molecular weight is 211 g/mol. The molecule has 0 aromatic heterocycles. The van der Waals surface area contributed by atoms with Gasteiger partial charge in [-0.25, -0.2) is 4.79 Å². The minimum atomic E-state index is -0.487. The average Bonchev–Trinajstić information content (AvgIpc) is 2.56. The molecule has 1 saturated heterocycles. The normalized spacial score (nSPS) is 29.8. The van der Waals surface area contributed by atoms with E-state index in [2.05, 4.69) is 0 Å². The van der Waals surface area contributed by atoms with Crippen LogP contribution in [0.15, 0.2) is 0 Å². The number of nitrogens with zero attached hydrogens (tertiary/aromatic N) is 1. The molecule has 2 rings (SSSR count). The molecule has 2 aliphatic rings. The molecule has 1 atom stereocenters. The van der Waals surface area contributed by atoms with Crippen molar-refractivity contribution in [1.29, 1.82) is 0 Å². The molecule has 1 heterocycles. The van der Waals surface area contributed by atoms with Gasteiger partial charge in [0.25, 0.3) is 0 Å². The number of carbonyl (C=O) groups is 2. The highest BCUT2D eigenvalue weighted by Crippen LogP contribution is 2.46. The van der Waals surface area contributed by atoms with Crippen molar-refractivity contribution < 1.29 is 14.3 Å². The van der Waals surface area contributed by atoms with Crippen LogP contribution in [0.3, 0.4) is 0 Å². The van der Waals surface area contributed by atoms with Crippen molar-refractivity contribution in [3.8, 4) is 0 Å². The molecule has 0 N–H and O–H groups in total. The van der Waals surface area contributed by atoms with E-state index in [1.165, 1.54) is 0 Å². The zero-order valence-corrected chi connectivity index (χ0v) is 9.50. The molecule has 0 bridgehead atoms. The van der Waals surface area contributed by atoms with Gasteiger partial charge in [0, 0.05) is 13.0 Å². The summed E-state index contributed by atoms with van der Waals surface area (Å²) in [6.45, 7) is 6.16. The van der Waals surface area contributed by atoms with E-state index in [0.717, 1.165) is 12.8 Å². The van der Waals surface area contributed by atoms with Crippen molar-refractivity contribution >= 4 is 11.9 Å². The van der Waals surface area contributed by atoms with E-state index in [1.807, 2.05) is 20.8 Å². The standard InChI is InChI=1S/C11H17NO3/c1-10(2,3)15-9(14)12-6-4-5-11(12)7-8(11)13/h4-7H2,1-3H3. The topological polar surface area (TPSA) is 46.6 Å². The van der Waals surface area contributed by atoms with Crippen molar-refractivity contribution in [2.24, 2.45) is 0 Å². The van der Waals surface area contributed by atoms with E-state index in [0.29, 0.717) is 13.0 Å². The Morgan fingerprint density at radius 1 is 1.47 bits per heavy atom. The van der Waals surface area contributed by atoms with E-state index in [9.17, 15) is 9.59 Å². The Kier molecular flexibility index (Phi) is 2.07. The summed E-state index contributed by atoms with van der Waals surface area (Å²) in [5.74, 6) is 0.186. The van der Waals surface area contributed by atoms with Gasteiger partial charge in [-0.2, -0.15) is 0 Å². The molecule has 0 aromatic carbocycles. The quantitative estimate of drug-likeness (QED) is 0.613. The molecular formula is C11H17NO3. The summed E-state index contributed by atoms with van der Waals surface area (Å²) < 4.78 is 5.28. The fraction of sp³-hybridized carbons (Fsp3) is 0.818. The molecule has 2 fully saturated rings. The number of hydrogen-bond donors (Lipinski definition) is 0. The number of rotatable bonds is 0. The van der Waals surface area contributed by atoms with Crippen LogP contribution in [0, 0.1) is 0 Å². The molecule has 15 heavy (non-hydrogen) atoms. The Bertz CT molecular complexity index is 318.